The van der Waals surface area contributed by atoms with Crippen LogP contribution in [0.25, 0.3) is 0 Å². The van der Waals surface area contributed by atoms with Crippen molar-refractivity contribution in [2.45, 2.75) is 0 Å². The molecule has 0 spiro atoms. The molecule has 1 heterocycles. The second-order valence-electron chi connectivity index (χ2n) is 2.82. The van der Waals surface area contributed by atoms with Crippen LogP contribution in [0, 0.1) is 0 Å². The van der Waals surface area contributed by atoms with Crippen LogP contribution in [0.4, 0.5) is 16.4 Å². The summed E-state index contributed by atoms with van der Waals surface area (Å²) in [5, 5.41) is 6.25. The Balaban J connectivity index is 0.00000128. The number of nitrogens with one attached hydrogen (secondary N) is 1. The van der Waals surface area contributed by atoms with Gasteiger partial charge in [-0.1, -0.05) is 18.2 Å². The van der Waals surface area contributed by atoms with Crippen molar-refractivity contribution < 1.29 is 4.79 Å². The molecule has 0 radical (unpaired) electrons. The van der Waals surface area contributed by atoms with Gasteiger partial charge < -0.3 is 5.73 Å². The van der Waals surface area contributed by atoms with E-state index in [1.807, 2.05) is 18.2 Å². The van der Waals surface area contributed by atoms with E-state index in [9.17, 15) is 4.79 Å². The second kappa shape index (κ2) is 5.13. The summed E-state index contributed by atoms with van der Waals surface area (Å²) in [6, 6.07) is 8.37. The number of nitrogens with two attached hydrogens (primary N) is 1. The van der Waals surface area contributed by atoms with Crippen molar-refractivity contribution >= 4 is 30.1 Å². The lowest BCUT2D eigenvalue weighted by Crippen LogP contribution is -2.32. The highest BCUT2D eigenvalue weighted by Gasteiger charge is 2.16. The van der Waals surface area contributed by atoms with E-state index in [4.69, 9.17) is 5.73 Å². The molecule has 16 heavy (non-hydrogen) atoms. The van der Waals surface area contributed by atoms with Crippen LogP contribution in [0.1, 0.15) is 0 Å². The number of hydrogen-bond acceptors (Lipinski definition) is 3. The zero-order valence-corrected chi connectivity index (χ0v) is 9.02. The molecule has 0 atom stereocenters. The number of halogens is 1. The number of para-hydroxylation sites is 1. The Labute approximate surface area is 97.9 Å². The fraction of sp³-hybridized carbons (Fsp3) is 0. The molecule has 1 aromatic heterocycles. The molecule has 3 N–H and O–H groups in total. The SMILES string of the molecule is Cl.NC(=O)N(c1ccccc1)c1ncn[nH]1. The van der Waals surface area contributed by atoms with Gasteiger partial charge >= 0.3 is 6.03 Å². The van der Waals surface area contributed by atoms with Crippen molar-refractivity contribution in [1.82, 2.24) is 15.2 Å². The third-order valence-electron chi connectivity index (χ3n) is 1.85. The van der Waals surface area contributed by atoms with Gasteiger partial charge in [0.05, 0.1) is 5.69 Å². The molecular weight excluding hydrogens is 230 g/mol. The zero-order valence-electron chi connectivity index (χ0n) is 8.20. The van der Waals surface area contributed by atoms with Crippen molar-refractivity contribution in [3.8, 4) is 0 Å². The minimum atomic E-state index is -0.613. The van der Waals surface area contributed by atoms with Gasteiger partial charge in [0.1, 0.15) is 6.33 Å². The smallest absolute Gasteiger partial charge is 0.326 e. The van der Waals surface area contributed by atoms with Gasteiger partial charge in [0.15, 0.2) is 0 Å². The van der Waals surface area contributed by atoms with Crippen LogP contribution in [-0.2, 0) is 0 Å². The van der Waals surface area contributed by atoms with Crippen LogP contribution in [0.5, 0.6) is 0 Å². The van der Waals surface area contributed by atoms with Crippen LogP contribution in [0.2, 0.25) is 0 Å². The number of urea groups is 1. The van der Waals surface area contributed by atoms with Crippen LogP contribution in [0.15, 0.2) is 36.7 Å². The minimum Gasteiger partial charge on any atom is -0.351 e. The number of anilines is 2. The van der Waals surface area contributed by atoms with Crippen LogP contribution >= 0.6 is 12.4 Å². The molecule has 84 valence electrons. The number of carbonyl (C=O) groups is 1. The quantitative estimate of drug-likeness (QED) is 0.831. The molecule has 0 bridgehead atoms. The highest BCUT2D eigenvalue weighted by Crippen LogP contribution is 2.19. The molecule has 0 aliphatic heterocycles. The Bertz CT molecular complexity index is 444. The van der Waals surface area contributed by atoms with Crippen molar-refractivity contribution in [3.63, 3.8) is 0 Å². The first-order valence-corrected chi connectivity index (χ1v) is 4.29. The van der Waals surface area contributed by atoms with Crippen molar-refractivity contribution in [2.24, 2.45) is 5.73 Å². The molecule has 0 aliphatic carbocycles. The number of H-pyrrole nitrogens is 1. The normalized spacial score (nSPS) is 9.25. The third-order valence-corrected chi connectivity index (χ3v) is 1.85. The van der Waals surface area contributed by atoms with E-state index < -0.39 is 6.03 Å². The number of amides is 2. The first-order chi connectivity index (χ1) is 7.29. The zero-order chi connectivity index (χ0) is 10.7. The molecule has 2 amide bonds. The van der Waals surface area contributed by atoms with Crippen molar-refractivity contribution in [3.05, 3.63) is 36.7 Å². The predicted molar refractivity (Wildman–Crippen MR) is 61.8 cm³/mol. The monoisotopic (exact) mass is 239 g/mol. The number of benzene rings is 1. The molecule has 1 aromatic carbocycles. The number of hydrogen-bond donors (Lipinski definition) is 2. The minimum absolute atomic E-state index is 0. The second-order valence-corrected chi connectivity index (χ2v) is 2.82. The Morgan fingerprint density at radius 3 is 2.50 bits per heavy atom. The van der Waals surface area contributed by atoms with Gasteiger partial charge in [-0.3, -0.25) is 0 Å². The number of nitrogens with zero attached hydrogens (tertiary/aromatic N) is 3. The Hall–Kier alpha value is -2.08. The van der Waals surface area contributed by atoms with E-state index >= 15 is 0 Å². The molecule has 0 unspecified atom stereocenters. The molecule has 7 heteroatoms. The molecule has 0 saturated carbocycles. The maximum atomic E-state index is 11.3. The number of rotatable bonds is 2. The molecule has 2 aromatic rings. The summed E-state index contributed by atoms with van der Waals surface area (Å²) in [7, 11) is 0. The average Bonchev–Trinajstić information content (AvgIpc) is 2.72. The molecule has 6 nitrogen and oxygen atoms in total. The summed E-state index contributed by atoms with van der Waals surface area (Å²) < 4.78 is 0. The van der Waals surface area contributed by atoms with Gasteiger partial charge in [-0.2, -0.15) is 10.1 Å². The first-order valence-electron chi connectivity index (χ1n) is 4.29. The standard InChI is InChI=1S/C9H9N5O.ClH/c10-8(15)14(9-11-6-12-13-9)7-4-2-1-3-5-7;/h1-6H,(H2,10,15)(H,11,12,13);1H. The lowest BCUT2D eigenvalue weighted by molar-refractivity contribution is 0.256. The van der Waals surface area contributed by atoms with Crippen LogP contribution in [-0.4, -0.2) is 21.2 Å². The number of aromatic nitrogens is 3. The van der Waals surface area contributed by atoms with Crippen molar-refractivity contribution in [2.75, 3.05) is 4.90 Å². The van der Waals surface area contributed by atoms with E-state index in [0.717, 1.165) is 0 Å². The maximum Gasteiger partial charge on any atom is 0.326 e. The highest BCUT2D eigenvalue weighted by molar-refractivity contribution is 5.96. The Morgan fingerprint density at radius 2 is 2.00 bits per heavy atom. The first kappa shape index (κ1) is 12.0. The van der Waals surface area contributed by atoms with E-state index in [2.05, 4.69) is 15.2 Å². The number of carbonyl (C=O) groups excluding carboxylic acids is 1. The molecule has 2 rings (SSSR count). The predicted octanol–water partition coefficient (Wildman–Crippen LogP) is 1.44. The summed E-state index contributed by atoms with van der Waals surface area (Å²) in [6.45, 7) is 0. The molecule has 0 fully saturated rings. The van der Waals surface area contributed by atoms with Gasteiger partial charge in [0, 0.05) is 0 Å². The van der Waals surface area contributed by atoms with Gasteiger partial charge in [0.25, 0.3) is 0 Å². The van der Waals surface area contributed by atoms with Gasteiger partial charge in [-0.05, 0) is 12.1 Å². The molecule has 0 saturated heterocycles. The van der Waals surface area contributed by atoms with E-state index in [1.165, 1.54) is 11.2 Å². The fourth-order valence-corrected chi connectivity index (χ4v) is 1.24. The molecular formula is C9H10ClN5O. The van der Waals surface area contributed by atoms with E-state index in [-0.39, 0.29) is 12.4 Å². The Kier molecular flexibility index (Phi) is 3.84. The number of primary amides is 1. The van der Waals surface area contributed by atoms with Crippen molar-refractivity contribution in [1.29, 1.82) is 0 Å². The summed E-state index contributed by atoms with van der Waals surface area (Å²) in [6.07, 6.45) is 1.31. The number of aromatic amines is 1. The van der Waals surface area contributed by atoms with Crippen LogP contribution in [0.3, 0.4) is 0 Å². The lowest BCUT2D eigenvalue weighted by Gasteiger charge is -2.16. The summed E-state index contributed by atoms with van der Waals surface area (Å²) in [4.78, 5) is 16.4. The Morgan fingerprint density at radius 1 is 1.31 bits per heavy atom. The van der Waals surface area contributed by atoms with E-state index in [0.29, 0.717) is 11.6 Å². The highest BCUT2D eigenvalue weighted by atomic mass is 35.5. The summed E-state index contributed by atoms with van der Waals surface area (Å²) in [5.74, 6) is 0.300. The van der Waals surface area contributed by atoms with Gasteiger partial charge in [0.2, 0.25) is 5.95 Å². The largest absolute Gasteiger partial charge is 0.351 e. The van der Waals surface area contributed by atoms with Crippen LogP contribution < -0.4 is 10.6 Å². The maximum absolute atomic E-state index is 11.3. The third kappa shape index (κ3) is 2.29. The lowest BCUT2D eigenvalue weighted by atomic mass is 10.3. The summed E-state index contributed by atoms with van der Waals surface area (Å²) in [5.41, 5.74) is 5.90. The molecule has 0 aliphatic rings. The van der Waals surface area contributed by atoms with Gasteiger partial charge in [-0.25, -0.2) is 14.8 Å². The van der Waals surface area contributed by atoms with Gasteiger partial charge in [-0.15, -0.1) is 12.4 Å². The summed E-state index contributed by atoms with van der Waals surface area (Å²) >= 11 is 0. The van der Waals surface area contributed by atoms with E-state index in [1.54, 1.807) is 12.1 Å². The average molecular weight is 240 g/mol. The topological polar surface area (TPSA) is 87.9 Å². The fourth-order valence-electron chi connectivity index (χ4n) is 1.24.